The van der Waals surface area contributed by atoms with Gasteiger partial charge in [0.05, 0.1) is 36.2 Å². The fraction of sp³-hybridized carbons (Fsp3) is 0.593. The van der Waals surface area contributed by atoms with E-state index < -0.39 is 12.1 Å². The first-order valence-corrected chi connectivity index (χ1v) is 12.9. The van der Waals surface area contributed by atoms with Crippen molar-refractivity contribution in [2.24, 2.45) is 17.8 Å². The SMILES string of the molecule is COc1ccc([C@H]2C[C@@H](c3nc([C@@H]4CC(C(F)(F)F)C5CC4C5)c4nc(C)c(C)nc4n3)CCO2)cn1. The molecule has 3 saturated carbocycles. The lowest BCUT2D eigenvalue weighted by molar-refractivity contribution is -0.219. The van der Waals surface area contributed by atoms with E-state index in [2.05, 4.69) is 4.98 Å². The van der Waals surface area contributed by atoms with E-state index in [4.69, 9.17) is 29.4 Å². The Kier molecular flexibility index (Phi) is 6.05. The number of hydrogen-bond acceptors (Lipinski definition) is 7. The van der Waals surface area contributed by atoms with E-state index in [0.29, 0.717) is 54.4 Å². The van der Waals surface area contributed by atoms with E-state index in [1.807, 2.05) is 19.9 Å². The van der Waals surface area contributed by atoms with Gasteiger partial charge in [0.1, 0.15) is 11.3 Å². The highest BCUT2D eigenvalue weighted by Crippen LogP contribution is 2.59. The Balaban J connectivity index is 1.38. The number of aromatic nitrogens is 5. The number of fused-ring (bicyclic) bond motifs is 3. The molecule has 0 spiro atoms. The molecule has 37 heavy (non-hydrogen) atoms. The molecule has 4 aliphatic rings. The Morgan fingerprint density at radius 1 is 0.946 bits per heavy atom. The van der Waals surface area contributed by atoms with Crippen LogP contribution in [-0.4, -0.2) is 44.8 Å². The molecule has 0 amide bonds. The summed E-state index contributed by atoms with van der Waals surface area (Å²) < 4.78 is 52.8. The molecule has 10 heteroatoms. The van der Waals surface area contributed by atoms with Gasteiger partial charge in [-0.3, -0.25) is 0 Å². The summed E-state index contributed by atoms with van der Waals surface area (Å²) in [6.45, 7) is 4.27. The Morgan fingerprint density at radius 2 is 1.73 bits per heavy atom. The van der Waals surface area contributed by atoms with Crippen LogP contribution in [0, 0.1) is 31.6 Å². The molecule has 0 radical (unpaired) electrons. The van der Waals surface area contributed by atoms with Crippen LogP contribution in [0.15, 0.2) is 18.3 Å². The molecule has 4 atom stereocenters. The van der Waals surface area contributed by atoms with Crippen LogP contribution in [0.2, 0.25) is 0 Å². The van der Waals surface area contributed by atoms with Crippen molar-refractivity contribution in [3.8, 4) is 5.88 Å². The fourth-order valence-electron chi connectivity index (χ4n) is 6.32. The number of rotatable bonds is 4. The molecule has 7 nitrogen and oxygen atoms in total. The van der Waals surface area contributed by atoms with Crippen molar-refractivity contribution in [1.82, 2.24) is 24.9 Å². The lowest BCUT2D eigenvalue weighted by atomic mass is 9.54. The number of hydrogen-bond donors (Lipinski definition) is 0. The Hall–Kier alpha value is -2.88. The van der Waals surface area contributed by atoms with Crippen molar-refractivity contribution in [1.29, 1.82) is 0 Å². The zero-order chi connectivity index (χ0) is 25.9. The minimum atomic E-state index is -4.20. The third-order valence-corrected chi connectivity index (χ3v) is 8.60. The second-order valence-corrected chi connectivity index (χ2v) is 10.7. The second-order valence-electron chi connectivity index (χ2n) is 10.7. The first-order valence-electron chi connectivity index (χ1n) is 12.9. The maximum atomic E-state index is 13.9. The summed E-state index contributed by atoms with van der Waals surface area (Å²) in [7, 11) is 1.57. The van der Waals surface area contributed by atoms with Gasteiger partial charge in [0.15, 0.2) is 5.65 Å². The van der Waals surface area contributed by atoms with Crippen molar-refractivity contribution in [2.45, 2.75) is 70.1 Å². The van der Waals surface area contributed by atoms with Crippen molar-refractivity contribution in [2.75, 3.05) is 13.7 Å². The van der Waals surface area contributed by atoms with Gasteiger partial charge in [-0.25, -0.2) is 24.9 Å². The predicted molar refractivity (Wildman–Crippen MR) is 129 cm³/mol. The molecule has 3 aromatic rings. The molecule has 0 aromatic carbocycles. The van der Waals surface area contributed by atoms with Gasteiger partial charge < -0.3 is 9.47 Å². The van der Waals surface area contributed by atoms with Crippen molar-refractivity contribution < 1.29 is 22.6 Å². The van der Waals surface area contributed by atoms with Crippen LogP contribution in [0.5, 0.6) is 5.88 Å². The first kappa shape index (κ1) is 24.5. The second kappa shape index (κ2) is 9.15. The number of nitrogens with zero attached hydrogens (tertiary/aromatic N) is 5. The summed E-state index contributed by atoms with van der Waals surface area (Å²) in [5.41, 5.74) is 4.12. The Morgan fingerprint density at radius 3 is 2.43 bits per heavy atom. The lowest BCUT2D eigenvalue weighted by Crippen LogP contribution is -2.47. The first-order chi connectivity index (χ1) is 17.7. The number of aryl methyl sites for hydroxylation is 2. The number of alkyl halides is 3. The highest BCUT2D eigenvalue weighted by atomic mass is 19.4. The molecule has 1 unspecified atom stereocenters. The third kappa shape index (κ3) is 4.43. The highest BCUT2D eigenvalue weighted by molar-refractivity contribution is 5.73. The molecule has 3 aliphatic carbocycles. The van der Waals surface area contributed by atoms with Gasteiger partial charge in [0.25, 0.3) is 0 Å². The van der Waals surface area contributed by atoms with E-state index in [1.165, 1.54) is 0 Å². The van der Waals surface area contributed by atoms with Crippen LogP contribution in [0.25, 0.3) is 11.2 Å². The van der Waals surface area contributed by atoms with Crippen LogP contribution >= 0.6 is 0 Å². The van der Waals surface area contributed by atoms with Gasteiger partial charge in [-0.1, -0.05) is 0 Å². The van der Waals surface area contributed by atoms with E-state index in [9.17, 15) is 13.2 Å². The zero-order valence-electron chi connectivity index (χ0n) is 21.1. The van der Waals surface area contributed by atoms with E-state index >= 15 is 0 Å². The van der Waals surface area contributed by atoms with Crippen LogP contribution in [0.1, 0.15) is 78.5 Å². The average Bonchev–Trinajstić information content (AvgIpc) is 2.87. The molecule has 1 aliphatic heterocycles. The number of ether oxygens (including phenoxy) is 2. The Labute approximate surface area is 213 Å². The van der Waals surface area contributed by atoms with Crippen molar-refractivity contribution in [3.05, 3.63) is 46.8 Å². The topological polar surface area (TPSA) is 82.9 Å². The van der Waals surface area contributed by atoms with Crippen LogP contribution in [-0.2, 0) is 4.74 Å². The van der Waals surface area contributed by atoms with Gasteiger partial charge in [-0.05, 0) is 69.4 Å². The summed E-state index contributed by atoms with van der Waals surface area (Å²) in [5.74, 6) is -0.498. The monoisotopic (exact) mass is 513 g/mol. The number of pyridine rings is 1. The van der Waals surface area contributed by atoms with Crippen LogP contribution in [0.4, 0.5) is 13.2 Å². The molecule has 2 bridgehead atoms. The standard InChI is InChI=1S/C27H30F3N5O2/c1-13-14(2)33-26-24(32-13)23(19-11-20(27(28,29)30)18-8-17(19)9-18)34-25(35-26)15-6-7-37-21(10-15)16-4-5-22(36-3)31-12-16/h4-5,12,15,17-21H,6-11H2,1-3H3/t15-,17?,18?,19+,20?,21+/m0/s1. The third-order valence-electron chi connectivity index (χ3n) is 8.60. The molecule has 0 N–H and O–H groups in total. The van der Waals surface area contributed by atoms with Gasteiger partial charge in [0.2, 0.25) is 5.88 Å². The molecule has 3 aromatic heterocycles. The smallest absolute Gasteiger partial charge is 0.392 e. The molecule has 1 saturated heterocycles. The van der Waals surface area contributed by atoms with Crippen LogP contribution in [0.3, 0.4) is 0 Å². The van der Waals surface area contributed by atoms with Gasteiger partial charge in [0, 0.05) is 30.7 Å². The molecular weight excluding hydrogens is 483 g/mol. The number of halogens is 3. The molecule has 4 heterocycles. The van der Waals surface area contributed by atoms with E-state index in [-0.39, 0.29) is 36.2 Å². The highest BCUT2D eigenvalue weighted by Gasteiger charge is 2.56. The summed E-state index contributed by atoms with van der Waals surface area (Å²) >= 11 is 0. The minimum absolute atomic E-state index is 0.0106. The number of methoxy groups -OCH3 is 1. The molecule has 196 valence electrons. The lowest BCUT2D eigenvalue weighted by Gasteiger charge is -2.51. The molecular formula is C27H30F3N5O2. The van der Waals surface area contributed by atoms with Gasteiger partial charge in [-0.2, -0.15) is 13.2 Å². The summed E-state index contributed by atoms with van der Waals surface area (Å²) in [5, 5.41) is 0. The van der Waals surface area contributed by atoms with Crippen molar-refractivity contribution >= 4 is 11.2 Å². The molecule has 4 fully saturated rings. The van der Waals surface area contributed by atoms with Gasteiger partial charge >= 0.3 is 6.18 Å². The van der Waals surface area contributed by atoms with Crippen molar-refractivity contribution in [3.63, 3.8) is 0 Å². The van der Waals surface area contributed by atoms with Gasteiger partial charge in [-0.15, -0.1) is 0 Å². The minimum Gasteiger partial charge on any atom is -0.481 e. The summed E-state index contributed by atoms with van der Waals surface area (Å²) in [6.07, 6.45) is 0.00881. The normalized spacial score (nSPS) is 29.7. The van der Waals surface area contributed by atoms with E-state index in [0.717, 1.165) is 23.4 Å². The zero-order valence-corrected chi connectivity index (χ0v) is 21.1. The largest absolute Gasteiger partial charge is 0.481 e. The maximum Gasteiger partial charge on any atom is 0.392 e. The quantitative estimate of drug-likeness (QED) is 0.438. The summed E-state index contributed by atoms with van der Waals surface area (Å²) in [6, 6.07) is 3.75. The fourth-order valence-corrected chi connectivity index (χ4v) is 6.32. The summed E-state index contributed by atoms with van der Waals surface area (Å²) in [4.78, 5) is 23.6. The Bertz CT molecular complexity index is 1310. The van der Waals surface area contributed by atoms with Crippen LogP contribution < -0.4 is 4.74 Å². The van der Waals surface area contributed by atoms with E-state index in [1.54, 1.807) is 19.4 Å². The molecule has 7 rings (SSSR count). The average molecular weight is 514 g/mol. The maximum absolute atomic E-state index is 13.9. The predicted octanol–water partition coefficient (Wildman–Crippen LogP) is 5.77.